The van der Waals surface area contributed by atoms with E-state index in [1.165, 1.54) is 16.2 Å². The topological polar surface area (TPSA) is 93.6 Å². The molecule has 2 amide bonds. The summed E-state index contributed by atoms with van der Waals surface area (Å²) >= 11 is 1.30. The summed E-state index contributed by atoms with van der Waals surface area (Å²) in [4.78, 5) is 58.1. The van der Waals surface area contributed by atoms with Crippen LogP contribution in [0.5, 0.6) is 0 Å². The summed E-state index contributed by atoms with van der Waals surface area (Å²) in [6.07, 6.45) is 5.10. The summed E-state index contributed by atoms with van der Waals surface area (Å²) in [7, 11) is 0. The molecule has 0 radical (unpaired) electrons. The lowest BCUT2D eigenvalue weighted by atomic mass is 9.85. The second kappa shape index (κ2) is 10.0. The lowest BCUT2D eigenvalue weighted by molar-refractivity contribution is -0.122. The molecule has 0 bridgehead atoms. The van der Waals surface area contributed by atoms with Crippen LogP contribution in [-0.2, 0) is 14.3 Å². The highest BCUT2D eigenvalue weighted by Gasteiger charge is 2.47. The number of ketones is 1. The minimum atomic E-state index is -0.611. The van der Waals surface area contributed by atoms with Crippen LogP contribution in [0.3, 0.4) is 0 Å². The van der Waals surface area contributed by atoms with Crippen LogP contribution in [0.2, 0.25) is 0 Å². The van der Waals surface area contributed by atoms with Crippen LogP contribution in [-0.4, -0.2) is 35.2 Å². The normalized spacial score (nSPS) is 18.4. The quantitative estimate of drug-likeness (QED) is 0.134. The van der Waals surface area contributed by atoms with Gasteiger partial charge in [0.1, 0.15) is 0 Å². The second-order valence-corrected chi connectivity index (χ2v) is 10.7. The molecule has 194 valence electrons. The molecule has 0 N–H and O–H groups in total. The van der Waals surface area contributed by atoms with Crippen molar-refractivity contribution in [1.29, 1.82) is 0 Å². The minimum absolute atomic E-state index is 0.163. The van der Waals surface area contributed by atoms with Gasteiger partial charge in [-0.1, -0.05) is 42.0 Å². The van der Waals surface area contributed by atoms with Gasteiger partial charge in [-0.05, 0) is 61.5 Å². The third-order valence-electron chi connectivity index (χ3n) is 7.24. The first-order valence-electron chi connectivity index (χ1n) is 12.7. The maximum Gasteiger partial charge on any atom is 0.339 e. The van der Waals surface area contributed by atoms with Crippen molar-refractivity contribution in [3.63, 3.8) is 0 Å². The van der Waals surface area contributed by atoms with Gasteiger partial charge in [0.25, 0.3) is 0 Å². The smallest absolute Gasteiger partial charge is 0.339 e. The summed E-state index contributed by atoms with van der Waals surface area (Å²) in [5.74, 6) is -1.79. The van der Waals surface area contributed by atoms with Gasteiger partial charge in [-0.3, -0.25) is 19.3 Å². The Kier molecular flexibility index (Phi) is 6.40. The fourth-order valence-corrected chi connectivity index (χ4v) is 5.86. The number of ether oxygens (including phenoxy) is 1. The monoisotopic (exact) mass is 536 g/mol. The molecule has 1 aliphatic heterocycles. The van der Waals surface area contributed by atoms with Crippen molar-refractivity contribution in [3.05, 3.63) is 94.2 Å². The zero-order valence-corrected chi connectivity index (χ0v) is 21.9. The number of fused-ring (bicyclic) bond motifs is 2. The molecule has 8 heteroatoms. The summed E-state index contributed by atoms with van der Waals surface area (Å²) in [5.41, 5.74) is 3.64. The van der Waals surface area contributed by atoms with Crippen LogP contribution in [0.15, 0.2) is 78.2 Å². The zero-order chi connectivity index (χ0) is 27.1. The molecule has 3 heterocycles. The second-order valence-electron chi connectivity index (χ2n) is 9.77. The number of aryl methyl sites for hydroxylation is 1. The van der Waals surface area contributed by atoms with E-state index in [0.717, 1.165) is 5.56 Å². The van der Waals surface area contributed by atoms with Crippen molar-refractivity contribution in [2.24, 2.45) is 11.8 Å². The number of anilines is 1. The summed E-state index contributed by atoms with van der Waals surface area (Å²) in [6.45, 7) is 1.57. The largest absolute Gasteiger partial charge is 0.454 e. The fraction of sp³-hybridized carbons (Fsp3) is 0.194. The zero-order valence-electron chi connectivity index (χ0n) is 21.1. The number of pyridine rings is 1. The number of nitrogens with zero attached hydrogens (tertiary/aromatic N) is 2. The Morgan fingerprint density at radius 3 is 2.36 bits per heavy atom. The van der Waals surface area contributed by atoms with E-state index in [-0.39, 0.29) is 36.0 Å². The number of carbonyl (C=O) groups excluding carboxylic acids is 4. The standard InChI is InChI=1S/C31H24N2O5S/c1-18-8-13-25-23(15-18)24(31(37)38-17-27(34)28-7-4-14-39-28)16-26(32-25)19-9-11-20(12-10-19)33-29(35)21-5-2-3-6-22(21)30(33)36/h2-4,7-16,21-22H,5-6,17H2,1H3/t21-,22-/m0/s1. The predicted molar refractivity (Wildman–Crippen MR) is 149 cm³/mol. The highest BCUT2D eigenvalue weighted by atomic mass is 32.1. The fourth-order valence-electron chi connectivity index (χ4n) is 5.21. The Balaban J connectivity index is 1.30. The lowest BCUT2D eigenvalue weighted by Crippen LogP contribution is -2.30. The van der Waals surface area contributed by atoms with Gasteiger partial charge in [-0.2, -0.15) is 0 Å². The molecule has 0 unspecified atom stereocenters. The minimum Gasteiger partial charge on any atom is -0.454 e. The number of Topliss-reactive ketones (excluding diaryl/α,β-unsaturated/α-hetero) is 1. The molecular formula is C31H24N2O5S. The molecule has 2 atom stereocenters. The molecule has 2 aromatic heterocycles. The molecule has 39 heavy (non-hydrogen) atoms. The Labute approximate surface area is 228 Å². The Bertz CT molecular complexity index is 1630. The number of benzene rings is 2. The molecular weight excluding hydrogens is 512 g/mol. The number of aromatic nitrogens is 1. The predicted octanol–water partition coefficient (Wildman–Crippen LogP) is 5.77. The van der Waals surface area contributed by atoms with E-state index >= 15 is 0 Å². The van der Waals surface area contributed by atoms with E-state index < -0.39 is 5.97 Å². The Hall–Kier alpha value is -4.43. The first kappa shape index (κ1) is 24.9. The van der Waals surface area contributed by atoms with Gasteiger partial charge in [0.15, 0.2) is 6.61 Å². The SMILES string of the molecule is Cc1ccc2nc(-c3ccc(N4C(=O)[C@H]5CC=CC[C@@H]5C4=O)cc3)cc(C(=O)OCC(=O)c3cccs3)c2c1. The maximum absolute atomic E-state index is 13.2. The Morgan fingerprint density at radius 1 is 0.974 bits per heavy atom. The lowest BCUT2D eigenvalue weighted by Gasteiger charge is -2.15. The first-order chi connectivity index (χ1) is 18.9. The van der Waals surface area contributed by atoms with E-state index in [9.17, 15) is 19.2 Å². The van der Waals surface area contributed by atoms with E-state index in [1.54, 1.807) is 47.8 Å². The molecule has 2 aliphatic rings. The van der Waals surface area contributed by atoms with Gasteiger partial charge >= 0.3 is 5.97 Å². The molecule has 1 aliphatic carbocycles. The van der Waals surface area contributed by atoms with Gasteiger partial charge in [0.2, 0.25) is 17.6 Å². The molecule has 4 aromatic rings. The van der Waals surface area contributed by atoms with Gasteiger partial charge < -0.3 is 4.74 Å². The van der Waals surface area contributed by atoms with Crippen molar-refractivity contribution < 1.29 is 23.9 Å². The summed E-state index contributed by atoms with van der Waals surface area (Å²) in [6, 6.07) is 17.8. The van der Waals surface area contributed by atoms with Crippen LogP contribution in [0.4, 0.5) is 5.69 Å². The van der Waals surface area contributed by atoms with Crippen molar-refractivity contribution in [3.8, 4) is 11.3 Å². The molecule has 7 nitrogen and oxygen atoms in total. The average molecular weight is 537 g/mol. The van der Waals surface area contributed by atoms with Crippen LogP contribution in [0.25, 0.3) is 22.2 Å². The van der Waals surface area contributed by atoms with Crippen molar-refractivity contribution >= 4 is 51.5 Å². The highest BCUT2D eigenvalue weighted by molar-refractivity contribution is 7.12. The van der Waals surface area contributed by atoms with Crippen LogP contribution in [0.1, 0.15) is 38.4 Å². The maximum atomic E-state index is 13.2. The molecule has 0 saturated carbocycles. The highest BCUT2D eigenvalue weighted by Crippen LogP contribution is 2.38. The van der Waals surface area contributed by atoms with E-state index in [1.807, 2.05) is 37.3 Å². The number of carbonyl (C=O) groups is 4. The molecule has 1 saturated heterocycles. The number of esters is 1. The number of allylic oxidation sites excluding steroid dienone is 2. The van der Waals surface area contributed by atoms with Crippen molar-refractivity contribution in [1.82, 2.24) is 4.98 Å². The van der Waals surface area contributed by atoms with Gasteiger partial charge in [-0.15, -0.1) is 11.3 Å². The average Bonchev–Trinajstić information content (AvgIpc) is 3.58. The van der Waals surface area contributed by atoms with Gasteiger partial charge in [-0.25, -0.2) is 9.78 Å². The van der Waals surface area contributed by atoms with Crippen LogP contribution in [0, 0.1) is 18.8 Å². The number of hydrogen-bond donors (Lipinski definition) is 0. The number of hydrogen-bond acceptors (Lipinski definition) is 7. The summed E-state index contributed by atoms with van der Waals surface area (Å²) in [5, 5.41) is 2.43. The molecule has 0 spiro atoms. The van der Waals surface area contributed by atoms with Crippen molar-refractivity contribution in [2.75, 3.05) is 11.5 Å². The first-order valence-corrected chi connectivity index (χ1v) is 13.6. The third-order valence-corrected chi connectivity index (χ3v) is 8.15. The van der Waals surface area contributed by atoms with E-state index in [4.69, 9.17) is 9.72 Å². The number of imide groups is 1. The third kappa shape index (κ3) is 4.57. The molecule has 2 aromatic carbocycles. The number of amides is 2. The molecule has 6 rings (SSSR count). The van der Waals surface area contributed by atoms with Crippen LogP contribution >= 0.6 is 11.3 Å². The van der Waals surface area contributed by atoms with Crippen molar-refractivity contribution in [2.45, 2.75) is 19.8 Å². The van der Waals surface area contributed by atoms with Crippen LogP contribution < -0.4 is 4.90 Å². The number of rotatable bonds is 6. The van der Waals surface area contributed by atoms with E-state index in [2.05, 4.69) is 0 Å². The number of thiophene rings is 1. The molecule has 1 fully saturated rings. The van der Waals surface area contributed by atoms with Gasteiger partial charge in [0.05, 0.1) is 39.2 Å². The Morgan fingerprint density at radius 2 is 1.69 bits per heavy atom. The van der Waals surface area contributed by atoms with Gasteiger partial charge in [0, 0.05) is 10.9 Å². The van der Waals surface area contributed by atoms with E-state index in [0.29, 0.717) is 51.1 Å². The summed E-state index contributed by atoms with van der Waals surface area (Å²) < 4.78 is 5.41.